The third-order valence-electron chi connectivity index (χ3n) is 5.67. The van der Waals surface area contributed by atoms with Crippen LogP contribution in [0.25, 0.3) is 0 Å². The second kappa shape index (κ2) is 9.70. The standard InChI is InChI=1S/C21H31N3O2/c25-20-10-2-1-6-15-23(20)17-13-21(26)24-16-7-4-9-19(24)12-11-18-8-3-5-14-22-18/h3,5,8,14,19H,1-2,4,6-7,9-13,15-17H2/t19-/m0/s1. The molecule has 26 heavy (non-hydrogen) atoms. The zero-order valence-corrected chi connectivity index (χ0v) is 15.7. The predicted molar refractivity (Wildman–Crippen MR) is 102 cm³/mol. The van der Waals surface area contributed by atoms with E-state index in [1.165, 1.54) is 6.42 Å². The Morgan fingerprint density at radius 2 is 2.00 bits per heavy atom. The first-order valence-electron chi connectivity index (χ1n) is 10.2. The molecule has 2 saturated heterocycles. The number of rotatable bonds is 6. The zero-order chi connectivity index (χ0) is 18.2. The molecule has 0 N–H and O–H groups in total. The first-order chi connectivity index (χ1) is 12.7. The van der Waals surface area contributed by atoms with Gasteiger partial charge in [-0.1, -0.05) is 12.5 Å². The van der Waals surface area contributed by atoms with Crippen molar-refractivity contribution in [3.05, 3.63) is 30.1 Å². The van der Waals surface area contributed by atoms with E-state index in [-0.39, 0.29) is 11.8 Å². The molecule has 0 aromatic carbocycles. The molecule has 1 aromatic heterocycles. The number of carbonyl (C=O) groups excluding carboxylic acids is 2. The fourth-order valence-corrected chi connectivity index (χ4v) is 4.14. The largest absolute Gasteiger partial charge is 0.342 e. The zero-order valence-electron chi connectivity index (χ0n) is 15.7. The normalized spacial score (nSPS) is 21.5. The van der Waals surface area contributed by atoms with Crippen LogP contribution >= 0.6 is 0 Å². The maximum atomic E-state index is 12.8. The molecule has 1 atom stereocenters. The molecule has 2 aliphatic rings. The molecule has 3 heterocycles. The van der Waals surface area contributed by atoms with Gasteiger partial charge in [0.2, 0.25) is 11.8 Å². The highest BCUT2D eigenvalue weighted by Crippen LogP contribution is 2.22. The Morgan fingerprint density at radius 1 is 1.12 bits per heavy atom. The smallest absolute Gasteiger partial charge is 0.224 e. The lowest BCUT2D eigenvalue weighted by molar-refractivity contribution is -0.136. The molecule has 142 valence electrons. The van der Waals surface area contributed by atoms with Crippen LogP contribution in [0, 0.1) is 0 Å². The van der Waals surface area contributed by atoms with Gasteiger partial charge in [-0.15, -0.1) is 0 Å². The average Bonchev–Trinajstić information content (AvgIpc) is 2.89. The van der Waals surface area contributed by atoms with Crippen molar-refractivity contribution in [2.75, 3.05) is 19.6 Å². The number of amides is 2. The number of aromatic nitrogens is 1. The van der Waals surface area contributed by atoms with Gasteiger partial charge in [0.1, 0.15) is 0 Å². The van der Waals surface area contributed by atoms with Gasteiger partial charge in [-0.25, -0.2) is 0 Å². The number of carbonyl (C=O) groups is 2. The Hall–Kier alpha value is -1.91. The van der Waals surface area contributed by atoms with E-state index in [0.29, 0.717) is 25.4 Å². The van der Waals surface area contributed by atoms with E-state index in [9.17, 15) is 9.59 Å². The van der Waals surface area contributed by atoms with Crippen molar-refractivity contribution in [2.45, 2.75) is 70.3 Å². The average molecular weight is 357 g/mol. The number of hydrogen-bond donors (Lipinski definition) is 0. The fourth-order valence-electron chi connectivity index (χ4n) is 4.14. The molecule has 2 amide bonds. The molecule has 0 spiro atoms. The summed E-state index contributed by atoms with van der Waals surface area (Å²) in [6.45, 7) is 2.26. The van der Waals surface area contributed by atoms with Crippen molar-refractivity contribution < 1.29 is 9.59 Å². The summed E-state index contributed by atoms with van der Waals surface area (Å²) in [6.07, 6.45) is 11.4. The topological polar surface area (TPSA) is 53.5 Å². The van der Waals surface area contributed by atoms with Crippen LogP contribution in [-0.4, -0.2) is 52.3 Å². The summed E-state index contributed by atoms with van der Waals surface area (Å²) in [5.41, 5.74) is 1.10. The summed E-state index contributed by atoms with van der Waals surface area (Å²) in [5.74, 6) is 0.438. The van der Waals surface area contributed by atoms with Gasteiger partial charge in [-0.2, -0.15) is 0 Å². The molecule has 0 saturated carbocycles. The molecule has 1 aromatic rings. The number of hydrogen-bond acceptors (Lipinski definition) is 3. The number of aryl methyl sites for hydroxylation is 1. The number of likely N-dealkylation sites (tertiary alicyclic amines) is 2. The minimum absolute atomic E-state index is 0.216. The van der Waals surface area contributed by atoms with E-state index in [1.54, 1.807) is 0 Å². The van der Waals surface area contributed by atoms with Crippen molar-refractivity contribution >= 4 is 11.8 Å². The van der Waals surface area contributed by atoms with Gasteiger partial charge in [-0.05, 0) is 57.1 Å². The molecular formula is C21H31N3O2. The predicted octanol–water partition coefficient (Wildman–Crippen LogP) is 3.19. The number of piperidine rings is 1. The highest BCUT2D eigenvalue weighted by Gasteiger charge is 2.27. The van der Waals surface area contributed by atoms with Crippen LogP contribution in [0.4, 0.5) is 0 Å². The van der Waals surface area contributed by atoms with Gasteiger partial charge < -0.3 is 9.80 Å². The maximum Gasteiger partial charge on any atom is 0.224 e. The maximum absolute atomic E-state index is 12.8. The summed E-state index contributed by atoms with van der Waals surface area (Å²) in [7, 11) is 0. The molecule has 3 rings (SSSR count). The summed E-state index contributed by atoms with van der Waals surface area (Å²) < 4.78 is 0. The second-order valence-corrected chi connectivity index (χ2v) is 7.54. The molecule has 0 bridgehead atoms. The van der Waals surface area contributed by atoms with Crippen LogP contribution in [-0.2, 0) is 16.0 Å². The van der Waals surface area contributed by atoms with E-state index in [0.717, 1.165) is 63.7 Å². The van der Waals surface area contributed by atoms with E-state index >= 15 is 0 Å². The van der Waals surface area contributed by atoms with Crippen LogP contribution in [0.5, 0.6) is 0 Å². The molecule has 5 nitrogen and oxygen atoms in total. The lowest BCUT2D eigenvalue weighted by Crippen LogP contribution is -2.45. The van der Waals surface area contributed by atoms with Crippen molar-refractivity contribution in [1.82, 2.24) is 14.8 Å². The third-order valence-corrected chi connectivity index (χ3v) is 5.67. The van der Waals surface area contributed by atoms with Gasteiger partial charge in [-0.3, -0.25) is 14.6 Å². The fraction of sp³-hybridized carbons (Fsp3) is 0.667. The minimum Gasteiger partial charge on any atom is -0.342 e. The van der Waals surface area contributed by atoms with Crippen LogP contribution in [0.2, 0.25) is 0 Å². The molecule has 0 radical (unpaired) electrons. The molecular weight excluding hydrogens is 326 g/mol. The van der Waals surface area contributed by atoms with Gasteiger partial charge >= 0.3 is 0 Å². The van der Waals surface area contributed by atoms with Crippen molar-refractivity contribution in [3.8, 4) is 0 Å². The summed E-state index contributed by atoms with van der Waals surface area (Å²) in [4.78, 5) is 33.3. The number of pyridine rings is 1. The van der Waals surface area contributed by atoms with E-state index in [2.05, 4.69) is 16.0 Å². The summed E-state index contributed by atoms with van der Waals surface area (Å²) in [6, 6.07) is 6.33. The van der Waals surface area contributed by atoms with Crippen LogP contribution in [0.3, 0.4) is 0 Å². The van der Waals surface area contributed by atoms with Crippen LogP contribution in [0.1, 0.15) is 63.5 Å². The first kappa shape index (κ1) is 18.9. The van der Waals surface area contributed by atoms with Gasteiger partial charge in [0.25, 0.3) is 0 Å². The highest BCUT2D eigenvalue weighted by atomic mass is 16.2. The van der Waals surface area contributed by atoms with Gasteiger partial charge in [0.15, 0.2) is 0 Å². The van der Waals surface area contributed by atoms with E-state index in [1.807, 2.05) is 23.2 Å². The van der Waals surface area contributed by atoms with Crippen molar-refractivity contribution in [2.24, 2.45) is 0 Å². The third kappa shape index (κ3) is 5.29. The Morgan fingerprint density at radius 3 is 2.85 bits per heavy atom. The van der Waals surface area contributed by atoms with Crippen LogP contribution in [0.15, 0.2) is 24.4 Å². The van der Waals surface area contributed by atoms with Crippen LogP contribution < -0.4 is 0 Å². The Balaban J connectivity index is 1.51. The lowest BCUT2D eigenvalue weighted by Gasteiger charge is -2.36. The Labute approximate surface area is 156 Å². The number of nitrogens with zero attached hydrogens (tertiary/aromatic N) is 3. The molecule has 0 unspecified atom stereocenters. The van der Waals surface area contributed by atoms with Gasteiger partial charge in [0, 0.05) is 50.4 Å². The highest BCUT2D eigenvalue weighted by molar-refractivity contribution is 5.79. The lowest BCUT2D eigenvalue weighted by atomic mass is 9.96. The van der Waals surface area contributed by atoms with E-state index in [4.69, 9.17) is 0 Å². The van der Waals surface area contributed by atoms with E-state index < -0.39 is 0 Å². The first-order valence-corrected chi connectivity index (χ1v) is 10.2. The monoisotopic (exact) mass is 357 g/mol. The Kier molecular flexibility index (Phi) is 7.04. The molecule has 5 heteroatoms. The molecule has 2 aliphatic heterocycles. The quantitative estimate of drug-likeness (QED) is 0.786. The Bertz CT molecular complexity index is 590. The second-order valence-electron chi connectivity index (χ2n) is 7.54. The minimum atomic E-state index is 0.216. The summed E-state index contributed by atoms with van der Waals surface area (Å²) in [5, 5.41) is 0. The molecule has 2 fully saturated rings. The molecule has 0 aliphatic carbocycles. The van der Waals surface area contributed by atoms with Crippen molar-refractivity contribution in [3.63, 3.8) is 0 Å². The van der Waals surface area contributed by atoms with Crippen molar-refractivity contribution in [1.29, 1.82) is 0 Å². The SMILES string of the molecule is O=C1CCCCCN1CCC(=O)N1CCCC[C@H]1CCc1ccccn1. The van der Waals surface area contributed by atoms with Gasteiger partial charge in [0.05, 0.1) is 0 Å². The summed E-state index contributed by atoms with van der Waals surface area (Å²) >= 11 is 0.